The molecule has 21 heavy (non-hydrogen) atoms. The number of nitrogens with two attached hydrogens (primary N) is 1. The molecule has 0 radical (unpaired) electrons. The number of likely N-dealkylation sites (N-methyl/N-ethyl adjacent to an activating group) is 1. The van der Waals surface area contributed by atoms with Gasteiger partial charge in [-0.15, -0.1) is 0 Å². The van der Waals surface area contributed by atoms with E-state index in [4.69, 9.17) is 5.73 Å². The van der Waals surface area contributed by atoms with Gasteiger partial charge in [0.05, 0.1) is 5.70 Å². The Bertz CT molecular complexity index is 536. The average molecular weight is 294 g/mol. The van der Waals surface area contributed by atoms with Crippen molar-refractivity contribution in [2.75, 3.05) is 13.6 Å². The molecule has 0 aromatic carbocycles. The second-order valence-electron chi connectivity index (χ2n) is 5.87. The molecule has 1 aliphatic carbocycles. The summed E-state index contributed by atoms with van der Waals surface area (Å²) in [4.78, 5) is 14.6. The smallest absolute Gasteiger partial charge is 0.277 e. The molecule has 0 aromatic rings. The van der Waals surface area contributed by atoms with Crippen molar-refractivity contribution in [2.24, 2.45) is 5.73 Å². The van der Waals surface area contributed by atoms with Gasteiger partial charge in [0.1, 0.15) is 5.66 Å². The summed E-state index contributed by atoms with van der Waals surface area (Å²) >= 11 is 0. The second-order valence-corrected chi connectivity index (χ2v) is 5.87. The molecule has 116 valence electrons. The number of carbonyl (C=O) groups excluding carboxylic acids is 1. The lowest BCUT2D eigenvalue weighted by molar-refractivity contribution is -0.182. The summed E-state index contributed by atoms with van der Waals surface area (Å²) in [5.74, 6) is -0.629. The van der Waals surface area contributed by atoms with Crippen molar-refractivity contribution in [1.82, 2.24) is 14.9 Å². The minimum absolute atomic E-state index is 0.0959. The lowest BCUT2D eigenvalue weighted by Gasteiger charge is -2.56. The van der Waals surface area contributed by atoms with E-state index in [1.165, 1.54) is 6.20 Å². The summed E-state index contributed by atoms with van der Waals surface area (Å²) in [5, 5.41) is 23.6. The Hall–Kier alpha value is -1.73. The molecule has 2 fully saturated rings. The van der Waals surface area contributed by atoms with E-state index in [1.807, 2.05) is 19.0 Å². The van der Waals surface area contributed by atoms with Gasteiger partial charge >= 0.3 is 0 Å². The first kappa shape index (κ1) is 14.2. The zero-order valence-electron chi connectivity index (χ0n) is 12.4. The third-order valence-corrected chi connectivity index (χ3v) is 4.91. The van der Waals surface area contributed by atoms with Crippen LogP contribution in [0.1, 0.15) is 32.6 Å². The van der Waals surface area contributed by atoms with E-state index in [0.717, 1.165) is 25.7 Å². The summed E-state index contributed by atoms with van der Waals surface area (Å²) in [6, 6.07) is 0. The summed E-state index contributed by atoms with van der Waals surface area (Å²) in [5.41, 5.74) is 5.62. The monoisotopic (exact) mass is 294 g/mol. The Kier molecular flexibility index (Phi) is 3.14. The normalized spacial score (nSPS) is 29.2. The highest BCUT2D eigenvalue weighted by Gasteiger charge is 2.54. The second kappa shape index (κ2) is 4.64. The number of aliphatic hydroxyl groups is 2. The van der Waals surface area contributed by atoms with Gasteiger partial charge in [-0.2, -0.15) is 5.01 Å². The first-order valence-electron chi connectivity index (χ1n) is 7.37. The van der Waals surface area contributed by atoms with Gasteiger partial charge in [-0.3, -0.25) is 9.80 Å². The molecular weight excluding hydrogens is 272 g/mol. The van der Waals surface area contributed by atoms with Crippen LogP contribution in [0.25, 0.3) is 0 Å². The Balaban J connectivity index is 2.12. The van der Waals surface area contributed by atoms with Crippen LogP contribution in [0.3, 0.4) is 0 Å². The lowest BCUT2D eigenvalue weighted by Crippen LogP contribution is -2.69. The summed E-state index contributed by atoms with van der Waals surface area (Å²) in [6.07, 6.45) is 4.13. The van der Waals surface area contributed by atoms with Crippen LogP contribution >= 0.6 is 0 Å². The van der Waals surface area contributed by atoms with Crippen molar-refractivity contribution < 1.29 is 15.0 Å². The molecule has 0 aromatic heterocycles. The molecule has 1 saturated heterocycles. The van der Waals surface area contributed by atoms with E-state index in [1.54, 1.807) is 9.91 Å². The number of aliphatic hydroxyl groups excluding tert-OH is 2. The maximum Gasteiger partial charge on any atom is 0.277 e. The third kappa shape index (κ3) is 1.70. The van der Waals surface area contributed by atoms with E-state index in [9.17, 15) is 15.0 Å². The highest BCUT2D eigenvalue weighted by atomic mass is 16.3. The van der Waals surface area contributed by atoms with Gasteiger partial charge < -0.3 is 20.8 Å². The largest absolute Gasteiger partial charge is 0.507 e. The number of carbonyl (C=O) groups is 1. The third-order valence-electron chi connectivity index (χ3n) is 4.91. The van der Waals surface area contributed by atoms with E-state index in [2.05, 4.69) is 0 Å². The van der Waals surface area contributed by atoms with E-state index >= 15 is 0 Å². The van der Waals surface area contributed by atoms with Crippen LogP contribution in [0.4, 0.5) is 0 Å². The topological polar surface area (TPSA) is 93.3 Å². The van der Waals surface area contributed by atoms with Gasteiger partial charge in [0.25, 0.3) is 5.91 Å². The maximum absolute atomic E-state index is 12.8. The van der Waals surface area contributed by atoms with Gasteiger partial charge in [0.2, 0.25) is 0 Å². The molecule has 1 saturated carbocycles. The van der Waals surface area contributed by atoms with E-state index < -0.39 is 6.10 Å². The highest BCUT2D eigenvalue weighted by Crippen LogP contribution is 2.44. The molecule has 1 atom stereocenters. The lowest BCUT2D eigenvalue weighted by atomic mass is 10.00. The Morgan fingerprint density at radius 1 is 1.43 bits per heavy atom. The van der Waals surface area contributed by atoms with Gasteiger partial charge in [-0.25, -0.2) is 0 Å². The van der Waals surface area contributed by atoms with Gasteiger partial charge in [0.15, 0.2) is 17.6 Å². The molecule has 3 aliphatic rings. The molecule has 1 unspecified atom stereocenters. The molecule has 1 spiro atoms. The Morgan fingerprint density at radius 3 is 2.62 bits per heavy atom. The molecule has 7 heteroatoms. The van der Waals surface area contributed by atoms with Crippen molar-refractivity contribution in [3.8, 4) is 0 Å². The molecule has 3 rings (SSSR count). The van der Waals surface area contributed by atoms with Crippen molar-refractivity contribution in [3.63, 3.8) is 0 Å². The van der Waals surface area contributed by atoms with Crippen LogP contribution in [0.15, 0.2) is 23.4 Å². The van der Waals surface area contributed by atoms with Crippen molar-refractivity contribution >= 4 is 5.91 Å². The number of nitrogens with zero attached hydrogens (tertiary/aromatic N) is 3. The summed E-state index contributed by atoms with van der Waals surface area (Å²) < 4.78 is 0. The molecule has 4 N–H and O–H groups in total. The maximum atomic E-state index is 12.8. The average Bonchev–Trinajstić information content (AvgIpc) is 2.93. The van der Waals surface area contributed by atoms with Crippen molar-refractivity contribution in [3.05, 3.63) is 23.4 Å². The van der Waals surface area contributed by atoms with Crippen LogP contribution in [0.5, 0.6) is 0 Å². The fourth-order valence-electron chi connectivity index (χ4n) is 3.79. The van der Waals surface area contributed by atoms with E-state index in [0.29, 0.717) is 6.54 Å². The van der Waals surface area contributed by atoms with Crippen LogP contribution in [-0.4, -0.2) is 56.4 Å². The Morgan fingerprint density at radius 2 is 2.05 bits per heavy atom. The first-order valence-corrected chi connectivity index (χ1v) is 7.37. The zero-order valence-corrected chi connectivity index (χ0v) is 12.4. The number of amides is 1. The molecule has 0 bridgehead atoms. The minimum atomic E-state index is -1.31. The first-order chi connectivity index (χ1) is 9.94. The number of hydrogen-bond acceptors (Lipinski definition) is 6. The van der Waals surface area contributed by atoms with Gasteiger partial charge in [-0.1, -0.05) is 0 Å². The standard InChI is InChI=1S/C14H22N4O3/c1-3-17-13(21)10-12(20)11(19)9(15)8-18(10)16(2)14(17)6-4-5-7-14/h8,11,19-20H,3-7,15H2,1-2H3. The summed E-state index contributed by atoms with van der Waals surface area (Å²) in [7, 11) is 1.90. The number of rotatable bonds is 1. The molecule has 2 heterocycles. The quantitative estimate of drug-likeness (QED) is 0.640. The molecular formula is C14H22N4O3. The Labute approximate surface area is 123 Å². The zero-order chi connectivity index (χ0) is 15.4. The van der Waals surface area contributed by atoms with Crippen LogP contribution in [0.2, 0.25) is 0 Å². The fourth-order valence-corrected chi connectivity index (χ4v) is 3.79. The van der Waals surface area contributed by atoms with Crippen LogP contribution in [-0.2, 0) is 4.79 Å². The number of hydrazine groups is 1. The fraction of sp³-hybridized carbons (Fsp3) is 0.643. The predicted octanol–water partition coefficient (Wildman–Crippen LogP) is 0.212. The van der Waals surface area contributed by atoms with Gasteiger partial charge in [0, 0.05) is 19.8 Å². The molecule has 1 amide bonds. The SMILES string of the molecule is CCN1C(=O)C2=C(O)C(O)C(N)=CN2N(C)C12CCCC2. The van der Waals surface area contributed by atoms with Crippen molar-refractivity contribution in [1.29, 1.82) is 0 Å². The molecule has 2 aliphatic heterocycles. The predicted molar refractivity (Wildman–Crippen MR) is 76.1 cm³/mol. The number of hydrogen-bond donors (Lipinski definition) is 3. The molecule has 7 nitrogen and oxygen atoms in total. The van der Waals surface area contributed by atoms with Gasteiger partial charge in [-0.05, 0) is 32.6 Å². The van der Waals surface area contributed by atoms with E-state index in [-0.39, 0.29) is 28.7 Å². The highest BCUT2D eigenvalue weighted by molar-refractivity contribution is 5.95. The van der Waals surface area contributed by atoms with Crippen LogP contribution in [0, 0.1) is 0 Å². The minimum Gasteiger partial charge on any atom is -0.507 e. The summed E-state index contributed by atoms with van der Waals surface area (Å²) in [6.45, 7) is 2.49. The number of fused-ring (bicyclic) bond motifs is 1. The van der Waals surface area contributed by atoms with Crippen molar-refractivity contribution in [2.45, 2.75) is 44.4 Å². The van der Waals surface area contributed by atoms with Crippen LogP contribution < -0.4 is 5.73 Å².